The number of rotatable bonds is 5. The van der Waals surface area contributed by atoms with Gasteiger partial charge in [-0.25, -0.2) is 9.97 Å². The number of halogens is 1. The summed E-state index contributed by atoms with van der Waals surface area (Å²) in [5.41, 5.74) is 3.20. The lowest BCUT2D eigenvalue weighted by Crippen LogP contribution is -2.14. The maximum atomic E-state index is 12.4. The molecule has 27 heavy (non-hydrogen) atoms. The Bertz CT molecular complexity index is 1150. The predicted molar refractivity (Wildman–Crippen MR) is 109 cm³/mol. The second-order valence-corrected chi connectivity index (χ2v) is 7.15. The fraction of sp³-hybridized carbons (Fsp3) is 0.105. The molecular formula is C19H15ClN4O2S. The van der Waals surface area contributed by atoms with E-state index in [2.05, 4.69) is 20.3 Å². The van der Waals surface area contributed by atoms with Crippen LogP contribution in [0.3, 0.4) is 0 Å². The normalized spacial score (nSPS) is 11.0. The van der Waals surface area contributed by atoms with Gasteiger partial charge in [-0.3, -0.25) is 4.79 Å². The molecule has 1 amide bonds. The van der Waals surface area contributed by atoms with Crippen molar-refractivity contribution in [2.75, 3.05) is 18.2 Å². The smallest absolute Gasteiger partial charge is 0.234 e. The molecule has 2 aromatic carbocycles. The summed E-state index contributed by atoms with van der Waals surface area (Å²) in [6, 6.07) is 13.0. The number of para-hydroxylation sites is 1. The number of hydrogen-bond acceptors (Lipinski definition) is 5. The van der Waals surface area contributed by atoms with E-state index < -0.39 is 0 Å². The van der Waals surface area contributed by atoms with Crippen LogP contribution in [0.15, 0.2) is 53.8 Å². The summed E-state index contributed by atoms with van der Waals surface area (Å²) in [4.78, 5) is 24.4. The first-order valence-corrected chi connectivity index (χ1v) is 9.49. The van der Waals surface area contributed by atoms with Crippen molar-refractivity contribution >= 4 is 56.9 Å². The molecule has 8 heteroatoms. The van der Waals surface area contributed by atoms with Gasteiger partial charge in [-0.15, -0.1) is 0 Å². The summed E-state index contributed by atoms with van der Waals surface area (Å²) in [7, 11) is 1.54. The quantitative estimate of drug-likeness (QED) is 0.382. The minimum Gasteiger partial charge on any atom is -0.495 e. The first-order chi connectivity index (χ1) is 13.2. The van der Waals surface area contributed by atoms with Crippen LogP contribution in [0.25, 0.3) is 21.9 Å². The fourth-order valence-electron chi connectivity index (χ4n) is 2.83. The molecule has 0 unspecified atom stereocenters. The first kappa shape index (κ1) is 17.6. The second-order valence-electron chi connectivity index (χ2n) is 5.75. The van der Waals surface area contributed by atoms with E-state index in [-0.39, 0.29) is 11.7 Å². The monoisotopic (exact) mass is 398 g/mol. The van der Waals surface area contributed by atoms with Gasteiger partial charge in [0.15, 0.2) is 0 Å². The van der Waals surface area contributed by atoms with Gasteiger partial charge < -0.3 is 15.0 Å². The second kappa shape index (κ2) is 7.46. The average Bonchev–Trinajstić information content (AvgIpc) is 3.06. The van der Waals surface area contributed by atoms with Crippen LogP contribution in [0, 0.1) is 0 Å². The van der Waals surface area contributed by atoms with E-state index >= 15 is 0 Å². The van der Waals surface area contributed by atoms with Crippen molar-refractivity contribution in [1.82, 2.24) is 15.0 Å². The number of amides is 1. The maximum absolute atomic E-state index is 12.4. The molecule has 0 aliphatic rings. The zero-order valence-corrected chi connectivity index (χ0v) is 15.9. The number of nitrogens with zero attached hydrogens (tertiary/aromatic N) is 2. The molecule has 2 heterocycles. The largest absolute Gasteiger partial charge is 0.495 e. The molecule has 4 aromatic rings. The molecule has 0 aliphatic carbocycles. The minimum atomic E-state index is -0.177. The van der Waals surface area contributed by atoms with Gasteiger partial charge in [-0.1, -0.05) is 41.6 Å². The molecule has 0 saturated carbocycles. The minimum absolute atomic E-state index is 0.177. The number of carbonyl (C=O) groups is 1. The standard InChI is InChI=1S/C19H15ClN4O2S/c1-26-15-7-6-11(20)8-14(15)23-16(25)9-27-19-18-17(21-10-22-19)12-4-2-3-5-13(12)24-18/h2-8,10,24H,9H2,1H3,(H,23,25). The number of anilines is 1. The van der Waals surface area contributed by atoms with E-state index in [1.807, 2.05) is 24.3 Å². The number of carbonyl (C=O) groups excluding carboxylic acids is 1. The highest BCUT2D eigenvalue weighted by atomic mass is 35.5. The summed E-state index contributed by atoms with van der Waals surface area (Å²) in [6.07, 6.45) is 1.52. The SMILES string of the molecule is COc1ccc(Cl)cc1NC(=O)CSc1ncnc2c1[nH]c1ccccc12. The van der Waals surface area contributed by atoms with Gasteiger partial charge in [0.25, 0.3) is 0 Å². The highest BCUT2D eigenvalue weighted by Gasteiger charge is 2.13. The Morgan fingerprint density at radius 2 is 2.11 bits per heavy atom. The molecule has 0 spiro atoms. The molecule has 2 N–H and O–H groups in total. The summed E-state index contributed by atoms with van der Waals surface area (Å²) in [5.74, 6) is 0.568. The van der Waals surface area contributed by atoms with E-state index in [0.29, 0.717) is 16.5 Å². The summed E-state index contributed by atoms with van der Waals surface area (Å²) < 4.78 is 5.25. The Hall–Kier alpha value is -2.77. The Labute approximate surface area is 164 Å². The van der Waals surface area contributed by atoms with Crippen molar-refractivity contribution < 1.29 is 9.53 Å². The number of aromatic nitrogens is 3. The zero-order chi connectivity index (χ0) is 18.8. The van der Waals surface area contributed by atoms with Gasteiger partial charge in [-0.2, -0.15) is 0 Å². The van der Waals surface area contributed by atoms with Crippen molar-refractivity contribution in [3.05, 3.63) is 53.8 Å². The molecule has 0 aliphatic heterocycles. The number of nitrogens with one attached hydrogen (secondary N) is 2. The molecule has 0 fully saturated rings. The maximum Gasteiger partial charge on any atom is 0.234 e. The zero-order valence-electron chi connectivity index (χ0n) is 14.3. The number of fused-ring (bicyclic) bond motifs is 3. The lowest BCUT2D eigenvalue weighted by molar-refractivity contribution is -0.113. The van der Waals surface area contributed by atoms with Crippen LogP contribution in [-0.2, 0) is 4.79 Å². The van der Waals surface area contributed by atoms with Gasteiger partial charge in [0, 0.05) is 15.9 Å². The van der Waals surface area contributed by atoms with Crippen LogP contribution < -0.4 is 10.1 Å². The molecule has 0 atom stereocenters. The molecule has 6 nitrogen and oxygen atoms in total. The van der Waals surface area contributed by atoms with Gasteiger partial charge >= 0.3 is 0 Å². The van der Waals surface area contributed by atoms with Crippen molar-refractivity contribution in [3.8, 4) is 5.75 Å². The number of H-pyrrole nitrogens is 1. The molecule has 0 saturated heterocycles. The average molecular weight is 399 g/mol. The molecule has 136 valence electrons. The lowest BCUT2D eigenvalue weighted by Gasteiger charge is -2.10. The highest BCUT2D eigenvalue weighted by Crippen LogP contribution is 2.30. The predicted octanol–water partition coefficient (Wildman–Crippen LogP) is 4.50. The molecule has 4 rings (SSSR count). The van der Waals surface area contributed by atoms with Gasteiger partial charge in [0.1, 0.15) is 22.6 Å². The van der Waals surface area contributed by atoms with Crippen molar-refractivity contribution in [1.29, 1.82) is 0 Å². The molecule has 2 aromatic heterocycles. The van der Waals surface area contributed by atoms with Crippen LogP contribution in [0.4, 0.5) is 5.69 Å². The third-order valence-electron chi connectivity index (χ3n) is 4.03. The highest BCUT2D eigenvalue weighted by molar-refractivity contribution is 8.00. The van der Waals surface area contributed by atoms with E-state index in [1.54, 1.807) is 25.3 Å². The van der Waals surface area contributed by atoms with Crippen molar-refractivity contribution in [2.45, 2.75) is 5.03 Å². The van der Waals surface area contributed by atoms with Crippen LogP contribution in [0.2, 0.25) is 5.02 Å². The third kappa shape index (κ3) is 3.56. The number of thioether (sulfide) groups is 1. The summed E-state index contributed by atoms with van der Waals surface area (Å²) >= 11 is 7.34. The van der Waals surface area contributed by atoms with E-state index in [1.165, 1.54) is 18.1 Å². The van der Waals surface area contributed by atoms with Gasteiger partial charge in [0.05, 0.1) is 24.1 Å². The van der Waals surface area contributed by atoms with Crippen LogP contribution in [0.1, 0.15) is 0 Å². The Kier molecular flexibility index (Phi) is 4.87. The van der Waals surface area contributed by atoms with E-state index in [9.17, 15) is 4.79 Å². The van der Waals surface area contributed by atoms with Gasteiger partial charge in [-0.05, 0) is 24.3 Å². The Morgan fingerprint density at radius 1 is 1.26 bits per heavy atom. The topological polar surface area (TPSA) is 79.9 Å². The Morgan fingerprint density at radius 3 is 2.96 bits per heavy atom. The third-order valence-corrected chi connectivity index (χ3v) is 5.25. The molecular weight excluding hydrogens is 384 g/mol. The van der Waals surface area contributed by atoms with Gasteiger partial charge in [0.2, 0.25) is 5.91 Å². The summed E-state index contributed by atoms with van der Waals surface area (Å²) in [5, 5.41) is 5.11. The van der Waals surface area contributed by atoms with Crippen molar-refractivity contribution in [2.24, 2.45) is 0 Å². The van der Waals surface area contributed by atoms with E-state index in [0.717, 1.165) is 27.0 Å². The van der Waals surface area contributed by atoms with Crippen LogP contribution in [0.5, 0.6) is 5.75 Å². The van der Waals surface area contributed by atoms with Crippen LogP contribution in [-0.4, -0.2) is 33.7 Å². The number of aromatic amines is 1. The van der Waals surface area contributed by atoms with Crippen molar-refractivity contribution in [3.63, 3.8) is 0 Å². The Balaban J connectivity index is 1.54. The molecule has 0 radical (unpaired) electrons. The lowest BCUT2D eigenvalue weighted by atomic mass is 10.2. The number of ether oxygens (including phenoxy) is 1. The fourth-order valence-corrected chi connectivity index (χ4v) is 3.75. The number of hydrogen-bond donors (Lipinski definition) is 2. The summed E-state index contributed by atoms with van der Waals surface area (Å²) in [6.45, 7) is 0. The van der Waals surface area contributed by atoms with Crippen LogP contribution >= 0.6 is 23.4 Å². The van der Waals surface area contributed by atoms with E-state index in [4.69, 9.17) is 16.3 Å². The molecule has 0 bridgehead atoms. The number of methoxy groups -OCH3 is 1. The number of benzene rings is 2. The first-order valence-electron chi connectivity index (χ1n) is 8.13.